The van der Waals surface area contributed by atoms with Crippen LogP contribution in [0.15, 0.2) is 35.3 Å². The van der Waals surface area contributed by atoms with Gasteiger partial charge in [0.15, 0.2) is 0 Å². The molecule has 0 atom stereocenters. The molecule has 1 aromatic carbocycles. The third-order valence-corrected chi connectivity index (χ3v) is 2.09. The Hall–Kier alpha value is -1.59. The third-order valence-electron chi connectivity index (χ3n) is 2.09. The highest BCUT2D eigenvalue weighted by molar-refractivity contribution is 5.93. The number of hydrogen-bond acceptors (Lipinski definition) is 3. The molecular formula is C12H20N4O. The van der Waals surface area contributed by atoms with Crippen LogP contribution >= 0.6 is 0 Å². The molecule has 94 valence electrons. The van der Waals surface area contributed by atoms with Gasteiger partial charge in [-0.05, 0) is 26.0 Å². The SMILES string of the molecule is COCC(C)(C)N=C(NN)Nc1ccccc1. The molecule has 5 nitrogen and oxygen atoms in total. The summed E-state index contributed by atoms with van der Waals surface area (Å²) < 4.78 is 5.10. The zero-order chi connectivity index (χ0) is 12.7. The van der Waals surface area contributed by atoms with Gasteiger partial charge in [-0.1, -0.05) is 18.2 Å². The van der Waals surface area contributed by atoms with Gasteiger partial charge < -0.3 is 10.1 Å². The fourth-order valence-electron chi connectivity index (χ4n) is 1.44. The average Bonchev–Trinajstić information content (AvgIpc) is 2.29. The van der Waals surface area contributed by atoms with E-state index in [1.165, 1.54) is 0 Å². The average molecular weight is 236 g/mol. The molecule has 0 spiro atoms. The molecule has 0 amide bonds. The standard InChI is InChI=1S/C12H20N4O/c1-12(2,9-17-3)15-11(16-13)14-10-7-5-4-6-8-10/h4-8H,9,13H2,1-3H3,(H2,14,15,16). The zero-order valence-corrected chi connectivity index (χ0v) is 10.5. The van der Waals surface area contributed by atoms with E-state index < -0.39 is 0 Å². The van der Waals surface area contributed by atoms with Crippen molar-refractivity contribution in [2.45, 2.75) is 19.4 Å². The van der Waals surface area contributed by atoms with Crippen molar-refractivity contribution in [3.8, 4) is 0 Å². The minimum Gasteiger partial charge on any atom is -0.382 e. The Morgan fingerprint density at radius 3 is 2.53 bits per heavy atom. The number of methoxy groups -OCH3 is 1. The van der Waals surface area contributed by atoms with Crippen molar-refractivity contribution in [3.05, 3.63) is 30.3 Å². The largest absolute Gasteiger partial charge is 0.382 e. The van der Waals surface area contributed by atoms with Gasteiger partial charge in [0.25, 0.3) is 0 Å². The quantitative estimate of drug-likeness (QED) is 0.319. The van der Waals surface area contributed by atoms with Gasteiger partial charge in [-0.15, -0.1) is 0 Å². The monoisotopic (exact) mass is 236 g/mol. The number of rotatable bonds is 4. The van der Waals surface area contributed by atoms with Crippen molar-refractivity contribution in [1.82, 2.24) is 5.43 Å². The summed E-state index contributed by atoms with van der Waals surface area (Å²) in [5.74, 6) is 5.95. The molecule has 0 aromatic heterocycles. The molecule has 0 bridgehead atoms. The van der Waals surface area contributed by atoms with Crippen LogP contribution < -0.4 is 16.6 Å². The number of nitrogens with one attached hydrogen (secondary N) is 2. The van der Waals surface area contributed by atoms with Crippen LogP contribution in [-0.2, 0) is 4.74 Å². The molecule has 0 radical (unpaired) electrons. The Kier molecular flexibility index (Phi) is 4.93. The lowest BCUT2D eigenvalue weighted by Gasteiger charge is -2.20. The zero-order valence-electron chi connectivity index (χ0n) is 10.5. The van der Waals surface area contributed by atoms with E-state index in [2.05, 4.69) is 15.7 Å². The summed E-state index contributed by atoms with van der Waals surface area (Å²) in [6.07, 6.45) is 0. The second kappa shape index (κ2) is 6.22. The molecule has 0 saturated heterocycles. The topological polar surface area (TPSA) is 71.7 Å². The van der Waals surface area contributed by atoms with Gasteiger partial charge in [-0.25, -0.2) is 10.8 Å². The molecule has 0 saturated carbocycles. The normalized spacial score (nSPS) is 12.4. The summed E-state index contributed by atoms with van der Waals surface area (Å²) in [4.78, 5) is 4.46. The summed E-state index contributed by atoms with van der Waals surface area (Å²) in [6.45, 7) is 4.47. The molecule has 1 rings (SSSR count). The van der Waals surface area contributed by atoms with Crippen LogP contribution in [0.5, 0.6) is 0 Å². The molecule has 0 aliphatic heterocycles. The van der Waals surface area contributed by atoms with E-state index >= 15 is 0 Å². The van der Waals surface area contributed by atoms with Gasteiger partial charge in [0.2, 0.25) is 5.96 Å². The van der Waals surface area contributed by atoms with Crippen molar-refractivity contribution >= 4 is 11.6 Å². The number of benzene rings is 1. The number of nitrogens with zero attached hydrogens (tertiary/aromatic N) is 1. The number of nitrogens with two attached hydrogens (primary N) is 1. The Morgan fingerprint density at radius 1 is 1.35 bits per heavy atom. The molecule has 0 heterocycles. The van der Waals surface area contributed by atoms with Crippen molar-refractivity contribution in [2.75, 3.05) is 19.0 Å². The van der Waals surface area contributed by atoms with Gasteiger partial charge in [0.1, 0.15) is 0 Å². The summed E-state index contributed by atoms with van der Waals surface area (Å²) in [5, 5.41) is 3.10. The van der Waals surface area contributed by atoms with E-state index in [1.807, 2.05) is 44.2 Å². The number of guanidine groups is 1. The fraction of sp³-hybridized carbons (Fsp3) is 0.417. The fourth-order valence-corrected chi connectivity index (χ4v) is 1.44. The molecule has 5 heteroatoms. The molecule has 17 heavy (non-hydrogen) atoms. The number of hydrogen-bond donors (Lipinski definition) is 3. The highest BCUT2D eigenvalue weighted by atomic mass is 16.5. The van der Waals surface area contributed by atoms with Crippen LogP contribution in [0.2, 0.25) is 0 Å². The maximum atomic E-state index is 5.44. The number of ether oxygens (including phenoxy) is 1. The van der Waals surface area contributed by atoms with E-state index in [0.717, 1.165) is 5.69 Å². The van der Waals surface area contributed by atoms with Crippen LogP contribution in [0, 0.1) is 0 Å². The highest BCUT2D eigenvalue weighted by Crippen LogP contribution is 2.10. The number of hydrazine groups is 1. The summed E-state index contributed by atoms with van der Waals surface area (Å²) >= 11 is 0. The van der Waals surface area contributed by atoms with E-state index in [1.54, 1.807) is 7.11 Å². The van der Waals surface area contributed by atoms with E-state index in [0.29, 0.717) is 12.6 Å². The van der Waals surface area contributed by atoms with Crippen LogP contribution in [0.4, 0.5) is 5.69 Å². The Balaban J connectivity index is 2.75. The van der Waals surface area contributed by atoms with Crippen molar-refractivity contribution in [2.24, 2.45) is 10.8 Å². The van der Waals surface area contributed by atoms with Crippen LogP contribution in [0.25, 0.3) is 0 Å². The van der Waals surface area contributed by atoms with Crippen LogP contribution in [-0.4, -0.2) is 25.2 Å². The summed E-state index contributed by atoms with van der Waals surface area (Å²) in [6, 6.07) is 9.71. The van der Waals surface area contributed by atoms with Crippen LogP contribution in [0.3, 0.4) is 0 Å². The molecule has 0 aliphatic carbocycles. The maximum Gasteiger partial charge on any atom is 0.210 e. The first-order valence-corrected chi connectivity index (χ1v) is 5.45. The van der Waals surface area contributed by atoms with E-state index in [4.69, 9.17) is 10.6 Å². The summed E-state index contributed by atoms with van der Waals surface area (Å²) in [5.41, 5.74) is 3.14. The minimum absolute atomic E-state index is 0.335. The summed E-state index contributed by atoms with van der Waals surface area (Å²) in [7, 11) is 1.65. The lowest BCUT2D eigenvalue weighted by molar-refractivity contribution is 0.150. The van der Waals surface area contributed by atoms with Gasteiger partial charge in [-0.2, -0.15) is 0 Å². The van der Waals surface area contributed by atoms with Gasteiger partial charge in [-0.3, -0.25) is 5.43 Å². The molecule has 0 fully saturated rings. The van der Waals surface area contributed by atoms with E-state index in [-0.39, 0.29) is 5.54 Å². The first-order valence-electron chi connectivity index (χ1n) is 5.45. The highest BCUT2D eigenvalue weighted by Gasteiger charge is 2.17. The molecule has 0 aliphatic rings. The predicted octanol–water partition coefficient (Wildman–Crippen LogP) is 1.34. The third kappa shape index (κ3) is 4.84. The van der Waals surface area contributed by atoms with Crippen LogP contribution in [0.1, 0.15) is 13.8 Å². The van der Waals surface area contributed by atoms with Crippen molar-refractivity contribution in [1.29, 1.82) is 0 Å². The van der Waals surface area contributed by atoms with Crippen molar-refractivity contribution < 1.29 is 4.74 Å². The lowest BCUT2D eigenvalue weighted by Crippen LogP contribution is -2.39. The second-order valence-corrected chi connectivity index (χ2v) is 4.34. The molecule has 4 N–H and O–H groups in total. The predicted molar refractivity (Wildman–Crippen MR) is 70.8 cm³/mol. The lowest BCUT2D eigenvalue weighted by atomic mass is 10.1. The maximum absolute atomic E-state index is 5.44. The first kappa shape index (κ1) is 13.5. The molecular weight excluding hydrogens is 216 g/mol. The minimum atomic E-state index is -0.335. The number of para-hydroxylation sites is 1. The molecule has 1 aromatic rings. The smallest absolute Gasteiger partial charge is 0.210 e. The number of aliphatic imine (C=N–C) groups is 1. The van der Waals surface area contributed by atoms with E-state index in [9.17, 15) is 0 Å². The van der Waals surface area contributed by atoms with Gasteiger partial charge in [0, 0.05) is 12.8 Å². The Morgan fingerprint density at radius 2 is 2.00 bits per heavy atom. The van der Waals surface area contributed by atoms with Gasteiger partial charge >= 0.3 is 0 Å². The van der Waals surface area contributed by atoms with Crippen molar-refractivity contribution in [3.63, 3.8) is 0 Å². The number of anilines is 1. The molecule has 0 unspecified atom stereocenters. The first-order chi connectivity index (χ1) is 8.07. The second-order valence-electron chi connectivity index (χ2n) is 4.34. The Labute approximate surface area is 102 Å². The van der Waals surface area contributed by atoms with Gasteiger partial charge in [0.05, 0.1) is 12.1 Å². The Bertz CT molecular complexity index is 362.